The Morgan fingerprint density at radius 1 is 1.33 bits per heavy atom. The third-order valence-corrected chi connectivity index (χ3v) is 5.15. The number of ether oxygens (including phenoxy) is 1. The van der Waals surface area contributed by atoms with E-state index in [0.29, 0.717) is 27.0 Å². The molecule has 10 heteroatoms. The van der Waals surface area contributed by atoms with Crippen molar-refractivity contribution in [2.24, 2.45) is 0 Å². The molecule has 0 radical (unpaired) electrons. The number of nitrogens with zero attached hydrogens (tertiary/aromatic N) is 2. The molecule has 1 amide bonds. The minimum absolute atomic E-state index is 0.0437. The maximum Gasteiger partial charge on any atom is 0.291 e. The molecule has 5 nitrogen and oxygen atoms in total. The summed E-state index contributed by atoms with van der Waals surface area (Å²) in [6.45, 7) is 0.0437. The highest BCUT2D eigenvalue weighted by atomic mass is 32.1. The Hall–Kier alpha value is -2.04. The minimum Gasteiger partial charge on any atom is -0.380 e. The van der Waals surface area contributed by atoms with Crippen molar-refractivity contribution in [2.45, 2.75) is 13.0 Å². The van der Waals surface area contributed by atoms with Crippen LogP contribution in [0, 0.1) is 5.82 Å². The number of alkyl halides is 2. The first-order chi connectivity index (χ1) is 11.5. The van der Waals surface area contributed by atoms with Crippen LogP contribution in [-0.2, 0) is 11.3 Å². The highest BCUT2D eigenvalue weighted by Gasteiger charge is 2.22. The number of carbonyl (C=O) groups is 1. The van der Waals surface area contributed by atoms with Gasteiger partial charge in [-0.15, -0.1) is 21.5 Å². The summed E-state index contributed by atoms with van der Waals surface area (Å²) in [5, 5.41) is 9.02. The van der Waals surface area contributed by atoms with Crippen molar-refractivity contribution >= 4 is 43.8 Å². The van der Waals surface area contributed by atoms with E-state index in [1.807, 2.05) is 0 Å². The van der Waals surface area contributed by atoms with Gasteiger partial charge in [0.1, 0.15) is 5.82 Å². The Bertz CT molecular complexity index is 895. The predicted molar refractivity (Wildman–Crippen MR) is 85.3 cm³/mol. The summed E-state index contributed by atoms with van der Waals surface area (Å²) >= 11 is 1.68. The Balaban J connectivity index is 1.96. The lowest BCUT2D eigenvalue weighted by molar-refractivity contribution is 0.102. The standard InChI is InChI=1S/C14H10F3N3O2S2/c1-22-5-6-9-7(15)3-2-4-8(9)23-10(6)12(21)18-14-20-19-13(24-14)11(16)17/h2-4,11H,5H2,1H3,(H,18,20,21). The van der Waals surface area contributed by atoms with Crippen LogP contribution in [0.25, 0.3) is 10.1 Å². The molecule has 2 aromatic heterocycles. The summed E-state index contributed by atoms with van der Waals surface area (Å²) in [5.74, 6) is -1.02. The number of amides is 1. The van der Waals surface area contributed by atoms with Crippen LogP contribution in [0.15, 0.2) is 18.2 Å². The van der Waals surface area contributed by atoms with E-state index < -0.39 is 23.2 Å². The molecule has 3 aromatic rings. The second kappa shape index (κ2) is 6.83. The first kappa shape index (κ1) is 16.8. The van der Waals surface area contributed by atoms with Gasteiger partial charge in [-0.25, -0.2) is 13.2 Å². The van der Waals surface area contributed by atoms with Gasteiger partial charge in [0.25, 0.3) is 12.3 Å². The molecule has 0 bridgehead atoms. The van der Waals surface area contributed by atoms with E-state index in [1.165, 1.54) is 13.2 Å². The molecule has 126 valence electrons. The molecule has 0 aliphatic rings. The average Bonchev–Trinajstić information content (AvgIpc) is 3.13. The van der Waals surface area contributed by atoms with Crippen LogP contribution in [0.2, 0.25) is 0 Å². The van der Waals surface area contributed by atoms with Gasteiger partial charge in [0, 0.05) is 22.8 Å². The molecular formula is C14H10F3N3O2S2. The zero-order valence-corrected chi connectivity index (χ0v) is 13.8. The normalized spacial score (nSPS) is 11.4. The molecule has 0 fully saturated rings. The van der Waals surface area contributed by atoms with Gasteiger partial charge < -0.3 is 4.74 Å². The fraction of sp³-hybridized carbons (Fsp3) is 0.214. The number of aromatic nitrogens is 2. The van der Waals surface area contributed by atoms with Crippen molar-refractivity contribution in [1.82, 2.24) is 10.2 Å². The van der Waals surface area contributed by atoms with E-state index in [4.69, 9.17) is 4.74 Å². The number of rotatable bonds is 5. The summed E-state index contributed by atoms with van der Waals surface area (Å²) in [4.78, 5) is 12.7. The number of methoxy groups -OCH3 is 1. The second-order valence-corrected chi connectivity index (χ2v) is 6.72. The summed E-state index contributed by atoms with van der Waals surface area (Å²) < 4.78 is 44.8. The van der Waals surface area contributed by atoms with Crippen molar-refractivity contribution in [2.75, 3.05) is 12.4 Å². The molecule has 0 saturated heterocycles. The van der Waals surface area contributed by atoms with Crippen molar-refractivity contribution < 1.29 is 22.7 Å². The number of hydrogen-bond donors (Lipinski definition) is 1. The smallest absolute Gasteiger partial charge is 0.291 e. The Kier molecular flexibility index (Phi) is 4.78. The molecule has 0 unspecified atom stereocenters. The molecule has 1 N–H and O–H groups in total. The molecule has 1 aromatic carbocycles. The zero-order chi connectivity index (χ0) is 17.3. The summed E-state index contributed by atoms with van der Waals surface area (Å²) in [6, 6.07) is 4.54. The van der Waals surface area contributed by atoms with Crippen LogP contribution in [0.5, 0.6) is 0 Å². The lowest BCUT2D eigenvalue weighted by Crippen LogP contribution is -2.12. The molecule has 24 heavy (non-hydrogen) atoms. The molecule has 3 rings (SSSR count). The van der Waals surface area contributed by atoms with E-state index in [2.05, 4.69) is 15.5 Å². The van der Waals surface area contributed by atoms with Crippen molar-refractivity contribution in [1.29, 1.82) is 0 Å². The van der Waals surface area contributed by atoms with Gasteiger partial charge in [-0.05, 0) is 12.1 Å². The van der Waals surface area contributed by atoms with Gasteiger partial charge in [0.15, 0.2) is 5.01 Å². The monoisotopic (exact) mass is 373 g/mol. The zero-order valence-electron chi connectivity index (χ0n) is 12.2. The largest absolute Gasteiger partial charge is 0.380 e. The SMILES string of the molecule is COCc1c(C(=O)Nc2nnc(C(F)F)s2)sc2cccc(F)c12. The van der Waals surface area contributed by atoms with Gasteiger partial charge in [0.05, 0.1) is 11.5 Å². The van der Waals surface area contributed by atoms with Crippen LogP contribution in [0.1, 0.15) is 26.7 Å². The van der Waals surface area contributed by atoms with Crippen molar-refractivity contribution in [3.63, 3.8) is 0 Å². The summed E-state index contributed by atoms with van der Waals surface area (Å²) in [7, 11) is 1.44. The molecule has 0 aliphatic heterocycles. The lowest BCUT2D eigenvalue weighted by Gasteiger charge is -2.03. The first-order valence-corrected chi connectivity index (χ1v) is 8.26. The van der Waals surface area contributed by atoms with Gasteiger partial charge in [0.2, 0.25) is 5.13 Å². The van der Waals surface area contributed by atoms with Crippen LogP contribution in [0.4, 0.5) is 18.3 Å². The van der Waals surface area contributed by atoms with E-state index in [-0.39, 0.29) is 16.6 Å². The maximum atomic E-state index is 14.1. The number of halogens is 3. The molecule has 0 saturated carbocycles. The quantitative estimate of drug-likeness (QED) is 0.727. The highest BCUT2D eigenvalue weighted by molar-refractivity contribution is 7.21. The van der Waals surface area contributed by atoms with Crippen LogP contribution in [-0.4, -0.2) is 23.2 Å². The number of fused-ring (bicyclic) bond motifs is 1. The Morgan fingerprint density at radius 2 is 2.12 bits per heavy atom. The second-order valence-electron chi connectivity index (χ2n) is 4.66. The molecule has 2 heterocycles. The fourth-order valence-electron chi connectivity index (χ4n) is 2.16. The number of anilines is 1. The van der Waals surface area contributed by atoms with E-state index in [1.54, 1.807) is 12.1 Å². The molecule has 0 atom stereocenters. The maximum absolute atomic E-state index is 14.1. The molecular weight excluding hydrogens is 363 g/mol. The number of benzene rings is 1. The summed E-state index contributed by atoms with van der Waals surface area (Å²) in [5.41, 5.74) is 0.409. The number of nitrogens with one attached hydrogen (secondary N) is 1. The van der Waals surface area contributed by atoms with Crippen LogP contribution >= 0.6 is 22.7 Å². The van der Waals surface area contributed by atoms with Crippen molar-refractivity contribution in [3.05, 3.63) is 39.5 Å². The Labute approximate surface area is 142 Å². The van der Waals surface area contributed by atoms with E-state index in [9.17, 15) is 18.0 Å². The predicted octanol–water partition coefficient (Wildman–Crippen LogP) is 4.23. The highest BCUT2D eigenvalue weighted by Crippen LogP contribution is 2.34. The number of hydrogen-bond acceptors (Lipinski definition) is 6. The molecule has 0 aliphatic carbocycles. The van der Waals surface area contributed by atoms with Crippen molar-refractivity contribution in [3.8, 4) is 0 Å². The van der Waals surface area contributed by atoms with Gasteiger partial charge in [-0.1, -0.05) is 17.4 Å². The number of thiophene rings is 1. The van der Waals surface area contributed by atoms with E-state index >= 15 is 0 Å². The Morgan fingerprint density at radius 3 is 2.79 bits per heavy atom. The van der Waals surface area contributed by atoms with Gasteiger partial charge in [-0.3, -0.25) is 10.1 Å². The third-order valence-electron chi connectivity index (χ3n) is 3.11. The van der Waals surface area contributed by atoms with Gasteiger partial charge in [-0.2, -0.15) is 0 Å². The van der Waals surface area contributed by atoms with Gasteiger partial charge >= 0.3 is 0 Å². The third kappa shape index (κ3) is 3.12. The van der Waals surface area contributed by atoms with Crippen LogP contribution in [0.3, 0.4) is 0 Å². The number of carbonyl (C=O) groups excluding carboxylic acids is 1. The summed E-state index contributed by atoms with van der Waals surface area (Å²) in [6.07, 6.45) is -2.75. The first-order valence-electron chi connectivity index (χ1n) is 6.63. The average molecular weight is 373 g/mol. The van der Waals surface area contributed by atoms with Crippen LogP contribution < -0.4 is 5.32 Å². The fourth-order valence-corrected chi connectivity index (χ4v) is 3.87. The molecule has 0 spiro atoms. The lowest BCUT2D eigenvalue weighted by atomic mass is 10.1. The van der Waals surface area contributed by atoms with E-state index in [0.717, 1.165) is 11.3 Å². The topological polar surface area (TPSA) is 64.1 Å². The minimum atomic E-state index is -2.75.